The van der Waals surface area contributed by atoms with Crippen molar-refractivity contribution >= 4 is 15.0 Å². The van der Waals surface area contributed by atoms with E-state index in [1.54, 1.807) is 0 Å². The first-order valence-electron chi connectivity index (χ1n) is 7.45. The summed E-state index contributed by atoms with van der Waals surface area (Å²) in [7, 11) is -1.37. The molecule has 0 atom stereocenters. The Balaban J connectivity index is -0.000000105. The summed E-state index contributed by atoms with van der Waals surface area (Å²) in [5.41, 5.74) is 20.1. The standard InChI is InChI=1S/C5H6FSi.3C4H10N.Zr/c6-7-5-3-1-2-4-5;3*1-4(2,3)5;/h1-4H,7H2;3*5H,1-3H3;/q4*-1;+4. The van der Waals surface area contributed by atoms with E-state index in [9.17, 15) is 4.11 Å². The molecule has 0 aliphatic carbocycles. The Kier molecular flexibility index (Phi) is 19.7. The van der Waals surface area contributed by atoms with Gasteiger partial charge >= 0.3 is 26.2 Å². The summed E-state index contributed by atoms with van der Waals surface area (Å²) in [4.78, 5) is 0. The molecule has 0 bridgehead atoms. The van der Waals surface area contributed by atoms with Crippen LogP contribution in [-0.2, 0) is 26.2 Å². The van der Waals surface area contributed by atoms with E-state index in [1.807, 2.05) is 86.6 Å². The molecule has 6 heteroatoms. The Labute approximate surface area is 165 Å². The molecule has 134 valence electrons. The summed E-state index contributed by atoms with van der Waals surface area (Å²) in [5.74, 6) is 0. The molecule has 0 aromatic heterocycles. The maximum Gasteiger partial charge on any atom is 4.00 e. The number of halogens is 1. The van der Waals surface area contributed by atoms with E-state index < -0.39 is 9.85 Å². The van der Waals surface area contributed by atoms with Crippen molar-refractivity contribution in [2.24, 2.45) is 0 Å². The van der Waals surface area contributed by atoms with Crippen molar-refractivity contribution in [3.05, 3.63) is 41.5 Å². The van der Waals surface area contributed by atoms with Crippen LogP contribution in [0.3, 0.4) is 0 Å². The molecule has 23 heavy (non-hydrogen) atoms. The van der Waals surface area contributed by atoms with Crippen molar-refractivity contribution in [3.8, 4) is 0 Å². The first-order chi connectivity index (χ1) is 9.43. The summed E-state index contributed by atoms with van der Waals surface area (Å²) < 4.78 is 11.7. The van der Waals surface area contributed by atoms with Crippen LogP contribution in [0.5, 0.6) is 0 Å². The largest absolute Gasteiger partial charge is 4.00 e. The van der Waals surface area contributed by atoms with Gasteiger partial charge in [-0.1, -0.05) is 62.3 Å². The quantitative estimate of drug-likeness (QED) is 0.322. The molecule has 0 heterocycles. The first-order valence-corrected chi connectivity index (χ1v) is 8.69. The van der Waals surface area contributed by atoms with Gasteiger partial charge in [-0.3, -0.25) is 0 Å². The SMILES string of the molecule is CC(C)(C)[NH-].CC(C)(C)[NH-].CC(C)(C)[NH-].F[SiH2][c-]1cccc1.[Zr+4]. The molecule has 0 aliphatic rings. The van der Waals surface area contributed by atoms with Crippen LogP contribution in [-0.4, -0.2) is 26.5 Å². The molecule has 1 aromatic carbocycles. The van der Waals surface area contributed by atoms with Crippen molar-refractivity contribution in [2.45, 2.75) is 78.9 Å². The Bertz CT molecular complexity index is 290. The van der Waals surface area contributed by atoms with E-state index in [-0.39, 0.29) is 42.8 Å². The van der Waals surface area contributed by atoms with Gasteiger partial charge in [-0.25, -0.2) is 12.1 Å². The minimum atomic E-state index is -1.37. The molecule has 3 N–H and O–H groups in total. The molecule has 0 unspecified atom stereocenters. The van der Waals surface area contributed by atoms with E-state index in [0.717, 1.165) is 5.19 Å². The van der Waals surface area contributed by atoms with E-state index >= 15 is 0 Å². The smallest absolute Gasteiger partial charge is 0.673 e. The Morgan fingerprint density at radius 3 is 0.957 bits per heavy atom. The Morgan fingerprint density at radius 2 is 0.870 bits per heavy atom. The fourth-order valence-corrected chi connectivity index (χ4v) is 0.953. The molecule has 3 nitrogen and oxygen atoms in total. The molecule has 0 saturated carbocycles. The third kappa shape index (κ3) is 107. The maximum absolute atomic E-state index is 11.7. The molecule has 0 spiro atoms. The zero-order chi connectivity index (χ0) is 18.6. The van der Waals surface area contributed by atoms with Crippen LogP contribution in [0.1, 0.15) is 62.3 Å². The summed E-state index contributed by atoms with van der Waals surface area (Å²) in [6.45, 7) is 16.7. The van der Waals surface area contributed by atoms with Gasteiger partial charge in [-0.05, 0) is 0 Å². The van der Waals surface area contributed by atoms with Gasteiger partial charge < -0.3 is 21.3 Å². The van der Waals surface area contributed by atoms with Gasteiger partial charge in [0, 0.05) is 0 Å². The normalized spacial score (nSPS) is 11.2. The second-order valence-electron chi connectivity index (χ2n) is 8.18. The van der Waals surface area contributed by atoms with Gasteiger partial charge in [-0.15, -0.1) is 21.8 Å². The first kappa shape index (κ1) is 31.1. The van der Waals surface area contributed by atoms with Gasteiger partial charge in [0.05, 0.1) is 0 Å². The van der Waals surface area contributed by atoms with Crippen molar-refractivity contribution in [1.82, 2.24) is 0 Å². The second-order valence-corrected chi connectivity index (χ2v) is 9.26. The second kappa shape index (κ2) is 14.6. The minimum Gasteiger partial charge on any atom is -0.673 e. The minimum absolute atomic E-state index is 0. The number of hydrogen-bond acceptors (Lipinski definition) is 0. The van der Waals surface area contributed by atoms with E-state index in [1.165, 1.54) is 0 Å². The van der Waals surface area contributed by atoms with E-state index in [0.29, 0.717) is 0 Å². The molecular weight excluding hydrogens is 385 g/mol. The summed E-state index contributed by atoms with van der Waals surface area (Å²) in [6.07, 6.45) is 0. The van der Waals surface area contributed by atoms with Crippen LogP contribution < -0.4 is 5.19 Å². The number of hydrogen-bond donors (Lipinski definition) is 0. The molecule has 0 fully saturated rings. The van der Waals surface area contributed by atoms with E-state index in [4.69, 9.17) is 17.2 Å². The fraction of sp³-hybridized carbons (Fsp3) is 0.706. The summed E-state index contributed by atoms with van der Waals surface area (Å²) in [6, 6.07) is 7.38. The number of rotatable bonds is 1. The van der Waals surface area contributed by atoms with Crippen LogP contribution in [0, 0.1) is 0 Å². The third-order valence-electron chi connectivity index (χ3n) is 0.886. The topological polar surface area (TPSA) is 71.4 Å². The van der Waals surface area contributed by atoms with Gasteiger partial charge in [-0.2, -0.15) is 12.1 Å². The fourth-order valence-electron chi connectivity index (χ4n) is 0.503. The summed E-state index contributed by atoms with van der Waals surface area (Å²) in [5, 5.41) is 0.903. The van der Waals surface area contributed by atoms with Crippen LogP contribution >= 0.6 is 0 Å². The average Bonchev–Trinajstić information content (AvgIpc) is 2.60. The molecule has 0 amide bonds. The van der Waals surface area contributed by atoms with Crippen LogP contribution in [0.4, 0.5) is 4.11 Å². The molecular formula is C17H36FN3SiZr. The van der Waals surface area contributed by atoms with Crippen molar-refractivity contribution in [1.29, 1.82) is 0 Å². The third-order valence-corrected chi connectivity index (χ3v) is 1.67. The molecule has 1 rings (SSSR count). The molecule has 0 saturated heterocycles. The Hall–Kier alpha value is 0.260. The van der Waals surface area contributed by atoms with Gasteiger partial charge in [0.25, 0.3) is 0 Å². The molecule has 0 aliphatic heterocycles. The van der Waals surface area contributed by atoms with Crippen LogP contribution in [0.15, 0.2) is 24.3 Å². The zero-order valence-corrected chi connectivity index (χ0v) is 20.3. The molecule has 1 aromatic rings. The van der Waals surface area contributed by atoms with Crippen LogP contribution in [0.25, 0.3) is 17.2 Å². The monoisotopic (exact) mass is 419 g/mol. The molecule has 0 radical (unpaired) electrons. The van der Waals surface area contributed by atoms with Crippen LogP contribution in [0.2, 0.25) is 0 Å². The predicted octanol–water partition coefficient (Wildman–Crippen LogP) is 5.59. The van der Waals surface area contributed by atoms with Crippen molar-refractivity contribution < 1.29 is 30.3 Å². The average molecular weight is 421 g/mol. The summed E-state index contributed by atoms with van der Waals surface area (Å²) >= 11 is 0. The van der Waals surface area contributed by atoms with Gasteiger partial charge in [0.15, 0.2) is 9.85 Å². The number of nitrogens with one attached hydrogen (secondary N) is 3. The van der Waals surface area contributed by atoms with Crippen molar-refractivity contribution in [3.63, 3.8) is 0 Å². The maximum atomic E-state index is 11.7. The zero-order valence-electron chi connectivity index (χ0n) is 16.4. The Morgan fingerprint density at radius 1 is 0.696 bits per heavy atom. The van der Waals surface area contributed by atoms with E-state index in [2.05, 4.69) is 0 Å². The van der Waals surface area contributed by atoms with Gasteiger partial charge in [0.1, 0.15) is 0 Å². The van der Waals surface area contributed by atoms with Gasteiger partial charge in [0.2, 0.25) is 0 Å². The van der Waals surface area contributed by atoms with Crippen molar-refractivity contribution in [2.75, 3.05) is 0 Å². The predicted molar refractivity (Wildman–Crippen MR) is 104 cm³/mol.